The molecule has 3 saturated carbocycles. The Hall–Kier alpha value is -0.380. The maximum atomic E-state index is 10.0. The van der Waals surface area contributed by atoms with Crippen molar-refractivity contribution in [2.24, 2.45) is 40.2 Å². The minimum Gasteiger partial charge on any atom is -0.396 e. The molecule has 0 amide bonds. The summed E-state index contributed by atoms with van der Waals surface area (Å²) in [6.07, 6.45) is 7.19. The molecule has 0 bridgehead atoms. The van der Waals surface area contributed by atoms with Crippen LogP contribution in [0, 0.1) is 34.5 Å². The first-order chi connectivity index (χ1) is 10.9. The van der Waals surface area contributed by atoms with Gasteiger partial charge in [0.1, 0.15) is 0 Å². The van der Waals surface area contributed by atoms with Crippen molar-refractivity contribution in [3.8, 4) is 0 Å². The van der Waals surface area contributed by atoms with E-state index in [1.807, 2.05) is 0 Å². The molecule has 23 heavy (non-hydrogen) atoms. The molecule has 7 atom stereocenters. The summed E-state index contributed by atoms with van der Waals surface area (Å²) in [5, 5.41) is 20.0. The largest absolute Gasteiger partial charge is 0.396 e. The summed E-state index contributed by atoms with van der Waals surface area (Å²) >= 11 is 0. The van der Waals surface area contributed by atoms with Gasteiger partial charge < -0.3 is 15.9 Å². The van der Waals surface area contributed by atoms with Crippen LogP contribution in [0.1, 0.15) is 58.8 Å². The van der Waals surface area contributed by atoms with Crippen molar-refractivity contribution < 1.29 is 10.2 Å². The normalized spacial score (nSPS) is 50.8. The summed E-state index contributed by atoms with van der Waals surface area (Å²) in [6.45, 7) is 10.1. The minimum absolute atomic E-state index is 0.114. The molecule has 3 rings (SSSR count). The Bertz CT molecular complexity index is 465. The van der Waals surface area contributed by atoms with E-state index in [1.165, 1.54) is 24.8 Å². The van der Waals surface area contributed by atoms with Crippen molar-refractivity contribution in [1.29, 1.82) is 0 Å². The second-order valence-electron chi connectivity index (χ2n) is 9.02. The lowest BCUT2D eigenvalue weighted by atomic mass is 9.49. The quantitative estimate of drug-likeness (QED) is 0.700. The van der Waals surface area contributed by atoms with E-state index >= 15 is 0 Å². The van der Waals surface area contributed by atoms with E-state index in [2.05, 4.69) is 20.4 Å². The molecule has 4 N–H and O–H groups in total. The van der Waals surface area contributed by atoms with Gasteiger partial charge in [0.2, 0.25) is 0 Å². The monoisotopic (exact) mass is 321 g/mol. The van der Waals surface area contributed by atoms with Crippen molar-refractivity contribution in [2.75, 3.05) is 13.2 Å². The third-order valence-electron chi connectivity index (χ3n) is 8.24. The molecule has 3 fully saturated rings. The standard InChI is InChI=1S/C20H35NO2/c1-13-4-5-17-16(11-21)18(7-9-19(13,17)2)20(3)8-6-15(23)10-14(20)12-22/h14-18,22-23H,1,4-12,21H2,2-3H3/t14-,15+,16+,17?,18+,19-,20+/m1/s1. The second-order valence-corrected chi connectivity index (χ2v) is 9.02. The van der Waals surface area contributed by atoms with Crippen LogP contribution in [0.3, 0.4) is 0 Å². The fraction of sp³-hybridized carbons (Fsp3) is 0.900. The summed E-state index contributed by atoms with van der Waals surface area (Å²) in [7, 11) is 0. The molecule has 3 aliphatic rings. The van der Waals surface area contributed by atoms with E-state index in [0.717, 1.165) is 32.2 Å². The Balaban J connectivity index is 1.89. The highest BCUT2D eigenvalue weighted by Gasteiger charge is 2.56. The Morgan fingerprint density at radius 3 is 2.57 bits per heavy atom. The fourth-order valence-electron chi connectivity index (χ4n) is 6.51. The predicted molar refractivity (Wildman–Crippen MR) is 93.8 cm³/mol. The van der Waals surface area contributed by atoms with Gasteiger partial charge in [-0.2, -0.15) is 0 Å². The van der Waals surface area contributed by atoms with Crippen LogP contribution >= 0.6 is 0 Å². The van der Waals surface area contributed by atoms with E-state index in [1.54, 1.807) is 0 Å². The van der Waals surface area contributed by atoms with Crippen molar-refractivity contribution in [2.45, 2.75) is 64.9 Å². The van der Waals surface area contributed by atoms with Gasteiger partial charge >= 0.3 is 0 Å². The topological polar surface area (TPSA) is 66.5 Å². The third kappa shape index (κ3) is 2.60. The summed E-state index contributed by atoms with van der Waals surface area (Å²) in [4.78, 5) is 0. The molecule has 3 aliphatic carbocycles. The van der Waals surface area contributed by atoms with Crippen molar-refractivity contribution in [1.82, 2.24) is 0 Å². The number of hydrogen-bond donors (Lipinski definition) is 3. The zero-order valence-electron chi connectivity index (χ0n) is 14.9. The van der Waals surface area contributed by atoms with Crippen LogP contribution in [0.5, 0.6) is 0 Å². The van der Waals surface area contributed by atoms with Crippen LogP contribution in [-0.4, -0.2) is 29.5 Å². The lowest BCUT2D eigenvalue weighted by Crippen LogP contribution is -2.52. The fourth-order valence-corrected chi connectivity index (χ4v) is 6.51. The van der Waals surface area contributed by atoms with Crippen molar-refractivity contribution >= 4 is 0 Å². The summed E-state index contributed by atoms with van der Waals surface area (Å²) < 4.78 is 0. The van der Waals surface area contributed by atoms with E-state index in [0.29, 0.717) is 17.8 Å². The number of rotatable bonds is 3. The van der Waals surface area contributed by atoms with Gasteiger partial charge in [-0.25, -0.2) is 0 Å². The Labute approximate surface area is 141 Å². The van der Waals surface area contributed by atoms with Crippen LogP contribution < -0.4 is 5.73 Å². The molecule has 0 aromatic heterocycles. The number of allylic oxidation sites excluding steroid dienone is 1. The van der Waals surface area contributed by atoms with Crippen LogP contribution in [0.2, 0.25) is 0 Å². The highest BCUT2D eigenvalue weighted by molar-refractivity contribution is 5.20. The van der Waals surface area contributed by atoms with Gasteiger partial charge in [0.25, 0.3) is 0 Å². The van der Waals surface area contributed by atoms with E-state index in [-0.39, 0.29) is 29.5 Å². The number of nitrogens with two attached hydrogens (primary N) is 1. The summed E-state index contributed by atoms with van der Waals surface area (Å²) in [5.74, 6) is 1.96. The summed E-state index contributed by atoms with van der Waals surface area (Å²) in [5.41, 5.74) is 8.12. The molecule has 1 unspecified atom stereocenters. The van der Waals surface area contributed by atoms with Gasteiger partial charge in [0.05, 0.1) is 6.10 Å². The summed E-state index contributed by atoms with van der Waals surface area (Å²) in [6, 6.07) is 0. The lowest BCUT2D eigenvalue weighted by Gasteiger charge is -2.56. The molecule has 3 nitrogen and oxygen atoms in total. The average Bonchev–Trinajstić information content (AvgIpc) is 2.84. The molecule has 0 radical (unpaired) electrons. The number of aliphatic hydroxyl groups is 2. The molecule has 0 saturated heterocycles. The maximum absolute atomic E-state index is 10.0. The smallest absolute Gasteiger partial charge is 0.0544 e. The maximum Gasteiger partial charge on any atom is 0.0544 e. The van der Waals surface area contributed by atoms with Gasteiger partial charge in [-0.1, -0.05) is 26.0 Å². The zero-order valence-corrected chi connectivity index (χ0v) is 14.9. The zero-order chi connectivity index (χ0) is 16.8. The average molecular weight is 322 g/mol. The molecule has 132 valence electrons. The Morgan fingerprint density at radius 1 is 1.17 bits per heavy atom. The molecule has 0 aliphatic heterocycles. The SMILES string of the molecule is C=C1CCC2[C@H](CN)[C@@H]([C@@]3(C)CC[C@H](O)C[C@@H]3CO)CC[C@]12C. The van der Waals surface area contributed by atoms with Crippen molar-refractivity contribution in [3.05, 3.63) is 12.2 Å². The van der Waals surface area contributed by atoms with Gasteiger partial charge in [0.15, 0.2) is 0 Å². The van der Waals surface area contributed by atoms with Crippen molar-refractivity contribution in [3.63, 3.8) is 0 Å². The third-order valence-corrected chi connectivity index (χ3v) is 8.24. The van der Waals surface area contributed by atoms with Gasteiger partial charge in [0, 0.05) is 6.61 Å². The second kappa shape index (κ2) is 6.16. The highest BCUT2D eigenvalue weighted by atomic mass is 16.3. The molecular formula is C20H35NO2. The number of aliphatic hydroxyl groups excluding tert-OH is 2. The molecular weight excluding hydrogens is 286 g/mol. The predicted octanol–water partition coefficient (Wildman–Crippen LogP) is 3.10. The number of fused-ring (bicyclic) bond motifs is 1. The molecule has 0 spiro atoms. The van der Waals surface area contributed by atoms with Gasteiger partial charge in [-0.15, -0.1) is 0 Å². The van der Waals surface area contributed by atoms with Crippen LogP contribution in [-0.2, 0) is 0 Å². The molecule has 3 heteroatoms. The molecule has 0 aromatic carbocycles. The van der Waals surface area contributed by atoms with Gasteiger partial charge in [-0.3, -0.25) is 0 Å². The highest BCUT2D eigenvalue weighted by Crippen LogP contribution is 2.63. The first kappa shape index (κ1) is 17.4. The first-order valence-electron chi connectivity index (χ1n) is 9.54. The Kier molecular flexibility index (Phi) is 4.67. The minimum atomic E-state index is -0.239. The number of hydrogen-bond acceptors (Lipinski definition) is 3. The molecule has 0 heterocycles. The lowest BCUT2D eigenvalue weighted by molar-refractivity contribution is -0.0916. The van der Waals surface area contributed by atoms with Crippen LogP contribution in [0.15, 0.2) is 12.2 Å². The first-order valence-corrected chi connectivity index (χ1v) is 9.54. The molecule has 0 aromatic rings. The van der Waals surface area contributed by atoms with Crippen LogP contribution in [0.4, 0.5) is 0 Å². The van der Waals surface area contributed by atoms with Gasteiger partial charge in [-0.05, 0) is 86.0 Å². The van der Waals surface area contributed by atoms with E-state index in [9.17, 15) is 10.2 Å². The van der Waals surface area contributed by atoms with E-state index < -0.39 is 0 Å². The Morgan fingerprint density at radius 2 is 1.91 bits per heavy atom. The van der Waals surface area contributed by atoms with E-state index in [4.69, 9.17) is 5.73 Å². The van der Waals surface area contributed by atoms with Crippen LogP contribution in [0.25, 0.3) is 0 Å².